The minimum absolute atomic E-state index is 0.175. The van der Waals surface area contributed by atoms with Gasteiger partial charge in [0, 0.05) is 16.3 Å². The first-order valence-corrected chi connectivity index (χ1v) is 12.8. The predicted molar refractivity (Wildman–Crippen MR) is 126 cm³/mol. The average Bonchev–Trinajstić information content (AvgIpc) is 3.27. The van der Waals surface area contributed by atoms with Crippen LogP contribution in [-0.4, -0.2) is 56.6 Å². The molecule has 0 aliphatic heterocycles. The van der Waals surface area contributed by atoms with E-state index in [4.69, 9.17) is 0 Å². The number of carbonyl (C=O) groups is 2. The van der Waals surface area contributed by atoms with Crippen molar-refractivity contribution < 1.29 is 27.9 Å². The Morgan fingerprint density at radius 1 is 1.12 bits per heavy atom. The molecule has 11 heteroatoms. The first-order chi connectivity index (χ1) is 15.7. The summed E-state index contributed by atoms with van der Waals surface area (Å²) in [7, 11) is -2.62. The molecule has 0 bridgehead atoms. The maximum atomic E-state index is 13.4. The topological polar surface area (TPSA) is 125 Å². The smallest absolute Gasteiger partial charge is 0.407 e. The first kappa shape index (κ1) is 26.8. The second kappa shape index (κ2) is 12.7. The van der Waals surface area contributed by atoms with E-state index in [0.717, 1.165) is 4.88 Å². The lowest BCUT2D eigenvalue weighted by Gasteiger charge is -2.29. The molecule has 2 amide bonds. The highest BCUT2D eigenvalue weighted by molar-refractivity contribution is 7.89. The van der Waals surface area contributed by atoms with Crippen molar-refractivity contribution in [3.05, 3.63) is 52.2 Å². The van der Waals surface area contributed by atoms with Gasteiger partial charge in [-0.05, 0) is 36.6 Å². The lowest BCUT2D eigenvalue weighted by atomic mass is 10.1. The molecule has 0 aliphatic rings. The Morgan fingerprint density at radius 3 is 2.42 bits per heavy atom. The van der Waals surface area contributed by atoms with Gasteiger partial charge < -0.3 is 20.5 Å². The number of rotatable bonds is 12. The number of alkyl carbamates (subject to hydrolysis) is 1. The Labute approximate surface area is 198 Å². The zero-order valence-electron chi connectivity index (χ0n) is 19.0. The van der Waals surface area contributed by atoms with E-state index in [9.17, 15) is 23.1 Å². The number of nitrogens with one attached hydrogen (secondary N) is 2. The highest BCUT2D eigenvalue weighted by Crippen LogP contribution is 2.32. The van der Waals surface area contributed by atoms with Crippen molar-refractivity contribution in [2.24, 2.45) is 5.92 Å². The van der Waals surface area contributed by atoms with Crippen LogP contribution in [-0.2, 0) is 26.1 Å². The van der Waals surface area contributed by atoms with Gasteiger partial charge in [-0.1, -0.05) is 32.0 Å². The van der Waals surface area contributed by atoms with Crippen LogP contribution in [0.15, 0.2) is 47.4 Å². The van der Waals surface area contributed by atoms with Crippen molar-refractivity contribution in [1.82, 2.24) is 14.9 Å². The normalized spacial score (nSPS) is 12.5. The van der Waals surface area contributed by atoms with Gasteiger partial charge in [0.25, 0.3) is 0 Å². The second-order valence-electron chi connectivity index (χ2n) is 7.74. The SMILES string of the molecule is COC(=O)NCC(=O)NCc1ccc(C(CO)N(CCC(C)C)S(=O)(=O)c2ccccc2)s1. The fourth-order valence-electron chi connectivity index (χ4n) is 3.02. The molecule has 3 N–H and O–H groups in total. The summed E-state index contributed by atoms with van der Waals surface area (Å²) in [5, 5.41) is 15.2. The highest BCUT2D eigenvalue weighted by atomic mass is 32.2. The minimum Gasteiger partial charge on any atom is -0.453 e. The molecule has 33 heavy (non-hydrogen) atoms. The van der Waals surface area contributed by atoms with Gasteiger partial charge in [0.15, 0.2) is 0 Å². The van der Waals surface area contributed by atoms with Crippen molar-refractivity contribution in [3.8, 4) is 0 Å². The van der Waals surface area contributed by atoms with Crippen LogP contribution >= 0.6 is 11.3 Å². The Morgan fingerprint density at radius 2 is 1.82 bits per heavy atom. The monoisotopic (exact) mass is 497 g/mol. The summed E-state index contributed by atoms with van der Waals surface area (Å²) in [5.74, 6) is -0.107. The fraction of sp³-hybridized carbons (Fsp3) is 0.455. The van der Waals surface area contributed by atoms with E-state index in [1.54, 1.807) is 42.5 Å². The van der Waals surface area contributed by atoms with Crippen molar-refractivity contribution >= 4 is 33.4 Å². The van der Waals surface area contributed by atoms with Crippen molar-refractivity contribution in [2.45, 2.75) is 37.8 Å². The standard InChI is InChI=1S/C22H31N3O6S2/c1-16(2)11-12-25(33(29,30)18-7-5-4-6-8-18)19(15-26)20-10-9-17(32-20)13-23-21(27)14-24-22(28)31-3/h4-10,16,19,26H,11-15H2,1-3H3,(H,23,27)(H,24,28). The summed E-state index contributed by atoms with van der Waals surface area (Å²) in [6.07, 6.45) is -0.0557. The van der Waals surface area contributed by atoms with Crippen LogP contribution in [0.3, 0.4) is 0 Å². The average molecular weight is 498 g/mol. The minimum atomic E-state index is -3.83. The Hall–Kier alpha value is -2.47. The second-order valence-corrected chi connectivity index (χ2v) is 10.8. The molecule has 1 atom stereocenters. The van der Waals surface area contributed by atoms with E-state index in [0.29, 0.717) is 11.3 Å². The van der Waals surface area contributed by atoms with E-state index >= 15 is 0 Å². The van der Waals surface area contributed by atoms with Crippen LogP contribution in [0.25, 0.3) is 0 Å². The summed E-state index contributed by atoms with van der Waals surface area (Å²) in [6.45, 7) is 3.91. The molecule has 1 unspecified atom stereocenters. The Kier molecular flexibility index (Phi) is 10.3. The number of hydrogen-bond donors (Lipinski definition) is 3. The molecule has 182 valence electrons. The first-order valence-electron chi connectivity index (χ1n) is 10.5. The quantitative estimate of drug-likeness (QED) is 0.414. The zero-order valence-corrected chi connectivity index (χ0v) is 20.6. The molecule has 1 aromatic heterocycles. The third-order valence-corrected chi connectivity index (χ3v) is 7.96. The van der Waals surface area contributed by atoms with Crippen LogP contribution < -0.4 is 10.6 Å². The molecule has 1 aromatic carbocycles. The van der Waals surface area contributed by atoms with Crippen molar-refractivity contribution in [2.75, 3.05) is 26.8 Å². The van der Waals surface area contributed by atoms with Gasteiger partial charge in [-0.3, -0.25) is 4.79 Å². The number of methoxy groups -OCH3 is 1. The summed E-state index contributed by atoms with van der Waals surface area (Å²) in [5.41, 5.74) is 0. The molecule has 0 fully saturated rings. The van der Waals surface area contributed by atoms with E-state index in [2.05, 4.69) is 15.4 Å². The van der Waals surface area contributed by atoms with Gasteiger partial charge in [0.2, 0.25) is 15.9 Å². The summed E-state index contributed by atoms with van der Waals surface area (Å²) >= 11 is 1.32. The lowest BCUT2D eigenvalue weighted by molar-refractivity contribution is -0.120. The van der Waals surface area contributed by atoms with E-state index < -0.39 is 22.2 Å². The van der Waals surface area contributed by atoms with Gasteiger partial charge in [0.05, 0.1) is 31.2 Å². The number of amides is 2. The molecule has 1 heterocycles. The Bertz CT molecular complexity index is 1010. The molecule has 0 spiro atoms. The zero-order chi connectivity index (χ0) is 24.4. The third-order valence-electron chi connectivity index (χ3n) is 4.85. The fourth-order valence-corrected chi connectivity index (χ4v) is 5.78. The maximum Gasteiger partial charge on any atom is 0.407 e. The van der Waals surface area contributed by atoms with Crippen LogP contribution in [0.4, 0.5) is 4.79 Å². The van der Waals surface area contributed by atoms with E-state index in [-0.39, 0.29) is 43.0 Å². The van der Waals surface area contributed by atoms with Gasteiger partial charge in [0.1, 0.15) is 6.54 Å². The summed E-state index contributed by atoms with van der Waals surface area (Å²) in [6, 6.07) is 11.0. The molecule has 0 radical (unpaired) electrons. The van der Waals surface area contributed by atoms with Gasteiger partial charge in [-0.2, -0.15) is 4.31 Å². The number of ether oxygens (including phenoxy) is 1. The third kappa shape index (κ3) is 7.81. The van der Waals surface area contributed by atoms with Gasteiger partial charge in [-0.15, -0.1) is 11.3 Å². The molecular weight excluding hydrogens is 466 g/mol. The molecule has 9 nitrogen and oxygen atoms in total. The summed E-state index contributed by atoms with van der Waals surface area (Å²) < 4.78 is 32.6. The summed E-state index contributed by atoms with van der Waals surface area (Å²) in [4.78, 5) is 24.6. The molecule has 2 aromatic rings. The number of benzene rings is 1. The molecule has 0 aliphatic carbocycles. The lowest BCUT2D eigenvalue weighted by Crippen LogP contribution is -2.37. The number of hydrogen-bond acceptors (Lipinski definition) is 7. The van der Waals surface area contributed by atoms with Crippen molar-refractivity contribution in [3.63, 3.8) is 0 Å². The van der Waals surface area contributed by atoms with Gasteiger partial charge in [-0.25, -0.2) is 13.2 Å². The van der Waals surface area contributed by atoms with Crippen LogP contribution in [0.2, 0.25) is 0 Å². The number of carbonyl (C=O) groups excluding carboxylic acids is 2. The Balaban J connectivity index is 2.18. The van der Waals surface area contributed by atoms with E-state index in [1.807, 2.05) is 13.8 Å². The number of sulfonamides is 1. The van der Waals surface area contributed by atoms with Crippen LogP contribution in [0, 0.1) is 5.92 Å². The molecule has 0 saturated heterocycles. The molecule has 2 rings (SSSR count). The number of aliphatic hydroxyl groups excluding tert-OH is 1. The highest BCUT2D eigenvalue weighted by Gasteiger charge is 2.33. The van der Waals surface area contributed by atoms with E-state index in [1.165, 1.54) is 22.8 Å². The predicted octanol–water partition coefficient (Wildman–Crippen LogP) is 2.49. The van der Waals surface area contributed by atoms with Crippen LogP contribution in [0.1, 0.15) is 36.1 Å². The number of thiophene rings is 1. The molecule has 0 saturated carbocycles. The van der Waals surface area contributed by atoms with Crippen LogP contribution in [0.5, 0.6) is 0 Å². The number of aliphatic hydroxyl groups is 1. The maximum absolute atomic E-state index is 13.4. The largest absolute Gasteiger partial charge is 0.453 e. The molecular formula is C22H31N3O6S2. The van der Waals surface area contributed by atoms with Crippen molar-refractivity contribution in [1.29, 1.82) is 0 Å². The van der Waals surface area contributed by atoms with Gasteiger partial charge >= 0.3 is 6.09 Å². The number of nitrogens with zero attached hydrogens (tertiary/aromatic N) is 1.